The van der Waals surface area contributed by atoms with Gasteiger partial charge in [0.05, 0.1) is 16.3 Å². The van der Waals surface area contributed by atoms with Gasteiger partial charge in [0, 0.05) is 12.3 Å². The zero-order valence-electron chi connectivity index (χ0n) is 10.2. The van der Waals surface area contributed by atoms with Crippen molar-refractivity contribution in [3.05, 3.63) is 28.8 Å². The molecule has 0 aliphatic rings. The first-order chi connectivity index (χ1) is 9.15. The highest BCUT2D eigenvalue weighted by atomic mass is 35.5. The van der Waals surface area contributed by atoms with Crippen LogP contribution >= 0.6 is 11.6 Å². The third kappa shape index (κ3) is 5.18. The summed E-state index contributed by atoms with van der Waals surface area (Å²) in [4.78, 5) is 0. The van der Waals surface area contributed by atoms with Crippen LogP contribution in [0.4, 0.5) is 18.9 Å². The number of anilines is 1. The lowest BCUT2D eigenvalue weighted by Crippen LogP contribution is -2.17. The number of aliphatic hydroxyl groups is 1. The molecule has 0 saturated heterocycles. The summed E-state index contributed by atoms with van der Waals surface area (Å²) in [5.41, 5.74) is -1.31. The van der Waals surface area contributed by atoms with Crippen molar-refractivity contribution >= 4 is 27.3 Å². The molecular formula is C11H13ClF3NO3S. The van der Waals surface area contributed by atoms with Crippen LogP contribution < -0.4 is 4.72 Å². The summed E-state index contributed by atoms with van der Waals surface area (Å²) in [7, 11) is -3.75. The summed E-state index contributed by atoms with van der Waals surface area (Å²) < 4.78 is 63.1. The van der Waals surface area contributed by atoms with Crippen molar-refractivity contribution in [3.63, 3.8) is 0 Å². The minimum atomic E-state index is -4.66. The smallest absolute Gasteiger partial charge is 0.396 e. The molecule has 114 valence electrons. The normalized spacial score (nSPS) is 12.4. The molecule has 9 heteroatoms. The predicted molar refractivity (Wildman–Crippen MR) is 70.2 cm³/mol. The van der Waals surface area contributed by atoms with Gasteiger partial charge in [0.15, 0.2) is 0 Å². The molecule has 0 bridgehead atoms. The number of rotatable bonds is 6. The molecule has 0 spiro atoms. The maximum absolute atomic E-state index is 12.6. The van der Waals surface area contributed by atoms with Crippen LogP contribution in [0.1, 0.15) is 18.4 Å². The molecule has 20 heavy (non-hydrogen) atoms. The minimum Gasteiger partial charge on any atom is -0.396 e. The Balaban J connectivity index is 2.88. The largest absolute Gasteiger partial charge is 0.417 e. The Morgan fingerprint density at radius 3 is 2.45 bits per heavy atom. The zero-order valence-corrected chi connectivity index (χ0v) is 11.8. The maximum atomic E-state index is 12.6. The number of aliphatic hydroxyl groups excluding tert-OH is 1. The fourth-order valence-corrected chi connectivity index (χ4v) is 2.84. The van der Waals surface area contributed by atoms with E-state index in [1.54, 1.807) is 0 Å². The van der Waals surface area contributed by atoms with E-state index in [0.717, 1.165) is 12.1 Å². The molecule has 0 radical (unpaired) electrons. The Kier molecular flexibility index (Phi) is 5.67. The molecule has 4 nitrogen and oxygen atoms in total. The minimum absolute atomic E-state index is 0.144. The molecule has 0 aromatic heterocycles. The van der Waals surface area contributed by atoms with Gasteiger partial charge < -0.3 is 5.11 Å². The van der Waals surface area contributed by atoms with Crippen molar-refractivity contribution in [1.29, 1.82) is 0 Å². The van der Waals surface area contributed by atoms with E-state index in [2.05, 4.69) is 0 Å². The van der Waals surface area contributed by atoms with Crippen LogP contribution in [0.2, 0.25) is 5.02 Å². The quantitative estimate of drug-likeness (QED) is 0.788. The Bertz CT molecular complexity index is 561. The van der Waals surface area contributed by atoms with Gasteiger partial charge in [-0.3, -0.25) is 4.72 Å². The van der Waals surface area contributed by atoms with Crippen molar-refractivity contribution in [2.75, 3.05) is 17.1 Å². The van der Waals surface area contributed by atoms with Gasteiger partial charge in [0.25, 0.3) is 0 Å². The standard InChI is InChI=1S/C11H13ClF3NO3S/c12-10-4-3-8(7-9(10)11(13,14)15)16-20(18,19)6-2-1-5-17/h3-4,7,16-17H,1-2,5-6H2. The lowest BCUT2D eigenvalue weighted by molar-refractivity contribution is -0.137. The molecule has 0 fully saturated rings. The average molecular weight is 332 g/mol. The molecule has 0 unspecified atom stereocenters. The molecule has 2 N–H and O–H groups in total. The van der Waals surface area contributed by atoms with Crippen molar-refractivity contribution in [2.45, 2.75) is 19.0 Å². The summed E-state index contributed by atoms with van der Waals surface area (Å²) in [5.74, 6) is -0.280. The summed E-state index contributed by atoms with van der Waals surface area (Å²) in [6.45, 7) is -0.144. The van der Waals surface area contributed by atoms with Crippen molar-refractivity contribution < 1.29 is 26.7 Å². The van der Waals surface area contributed by atoms with Crippen LogP contribution in [-0.4, -0.2) is 25.9 Å². The van der Waals surface area contributed by atoms with Crippen molar-refractivity contribution in [3.8, 4) is 0 Å². The second-order valence-electron chi connectivity index (χ2n) is 4.04. The van der Waals surface area contributed by atoms with Gasteiger partial charge in [-0.05, 0) is 31.0 Å². The number of sulfonamides is 1. The first-order valence-electron chi connectivity index (χ1n) is 5.64. The van der Waals surface area contributed by atoms with Gasteiger partial charge in [-0.2, -0.15) is 13.2 Å². The molecular weight excluding hydrogens is 319 g/mol. The highest BCUT2D eigenvalue weighted by molar-refractivity contribution is 7.92. The van der Waals surface area contributed by atoms with E-state index < -0.39 is 26.8 Å². The monoisotopic (exact) mass is 331 g/mol. The first kappa shape index (κ1) is 17.1. The van der Waals surface area contributed by atoms with Crippen LogP contribution in [0.15, 0.2) is 18.2 Å². The van der Waals surface area contributed by atoms with E-state index in [-0.39, 0.29) is 24.5 Å². The number of halogens is 4. The van der Waals surface area contributed by atoms with E-state index in [4.69, 9.17) is 16.7 Å². The van der Waals surface area contributed by atoms with Crippen molar-refractivity contribution in [1.82, 2.24) is 0 Å². The number of nitrogens with one attached hydrogen (secondary N) is 1. The average Bonchev–Trinajstić information content (AvgIpc) is 2.30. The Morgan fingerprint density at radius 1 is 1.25 bits per heavy atom. The van der Waals surface area contributed by atoms with Gasteiger partial charge in [0.2, 0.25) is 10.0 Å². The molecule has 0 aliphatic heterocycles. The molecule has 0 heterocycles. The SMILES string of the molecule is O=S(=O)(CCCCO)Nc1ccc(Cl)c(C(F)(F)F)c1. The molecule has 0 aliphatic carbocycles. The number of hydrogen-bond acceptors (Lipinski definition) is 3. The highest BCUT2D eigenvalue weighted by Crippen LogP contribution is 2.36. The molecule has 1 rings (SSSR count). The van der Waals surface area contributed by atoms with E-state index in [1.807, 2.05) is 4.72 Å². The van der Waals surface area contributed by atoms with Crippen LogP contribution in [0.5, 0.6) is 0 Å². The molecule has 0 atom stereocenters. The van der Waals surface area contributed by atoms with Crippen LogP contribution in [0, 0.1) is 0 Å². The third-order valence-electron chi connectivity index (χ3n) is 2.37. The van der Waals surface area contributed by atoms with Gasteiger partial charge in [-0.25, -0.2) is 8.42 Å². The lowest BCUT2D eigenvalue weighted by atomic mass is 10.2. The fourth-order valence-electron chi connectivity index (χ4n) is 1.44. The highest BCUT2D eigenvalue weighted by Gasteiger charge is 2.33. The van der Waals surface area contributed by atoms with Gasteiger partial charge in [-0.1, -0.05) is 11.6 Å². The Morgan fingerprint density at radius 2 is 1.90 bits per heavy atom. The summed E-state index contributed by atoms with van der Waals surface area (Å²) in [6, 6.07) is 2.78. The van der Waals surface area contributed by atoms with Gasteiger partial charge >= 0.3 is 6.18 Å². The number of benzene rings is 1. The summed E-state index contributed by atoms with van der Waals surface area (Å²) in [6.07, 6.45) is -4.14. The molecule has 0 saturated carbocycles. The number of alkyl halides is 3. The fraction of sp³-hybridized carbons (Fsp3) is 0.455. The van der Waals surface area contributed by atoms with Crippen LogP contribution in [-0.2, 0) is 16.2 Å². The first-order valence-corrected chi connectivity index (χ1v) is 7.67. The Labute approximate surface area is 119 Å². The predicted octanol–water partition coefficient (Wildman–Crippen LogP) is 2.87. The van der Waals surface area contributed by atoms with Gasteiger partial charge in [0.1, 0.15) is 0 Å². The van der Waals surface area contributed by atoms with E-state index in [0.29, 0.717) is 12.5 Å². The third-order valence-corrected chi connectivity index (χ3v) is 4.07. The van der Waals surface area contributed by atoms with E-state index >= 15 is 0 Å². The Hall–Kier alpha value is -0.990. The van der Waals surface area contributed by atoms with E-state index in [9.17, 15) is 21.6 Å². The molecule has 1 aromatic carbocycles. The van der Waals surface area contributed by atoms with Crippen molar-refractivity contribution in [2.24, 2.45) is 0 Å². The summed E-state index contributed by atoms with van der Waals surface area (Å²) in [5, 5.41) is 8.06. The van der Waals surface area contributed by atoms with Crippen LogP contribution in [0.3, 0.4) is 0 Å². The number of hydrogen-bond donors (Lipinski definition) is 2. The van der Waals surface area contributed by atoms with Gasteiger partial charge in [-0.15, -0.1) is 0 Å². The second-order valence-corrected chi connectivity index (χ2v) is 6.29. The molecule has 0 amide bonds. The summed E-state index contributed by atoms with van der Waals surface area (Å²) >= 11 is 5.43. The maximum Gasteiger partial charge on any atom is 0.417 e. The molecule has 1 aromatic rings. The lowest BCUT2D eigenvalue weighted by Gasteiger charge is -2.12. The van der Waals surface area contributed by atoms with Crippen LogP contribution in [0.25, 0.3) is 0 Å². The van der Waals surface area contributed by atoms with E-state index in [1.165, 1.54) is 0 Å². The second kappa shape index (κ2) is 6.64. The number of unbranched alkanes of at least 4 members (excludes halogenated alkanes) is 1. The zero-order chi connectivity index (χ0) is 15.4. The topological polar surface area (TPSA) is 66.4 Å².